The molecule has 0 saturated carbocycles. The standard InChI is InChI=1S/C24H19N5O3S2/c1-31-17-9-7-16(8-10-17)29-15-25-28-24(29)33-14-22(30)27-23-26-20-12-11-19(13-21(20)34-23)32-18-5-3-2-4-6-18/h2-13,15H,14H2,1H3,(H,26,27,30). The van der Waals surface area contributed by atoms with Crippen LogP contribution in [0.2, 0.25) is 0 Å². The molecule has 0 atom stereocenters. The van der Waals surface area contributed by atoms with Gasteiger partial charge in [0, 0.05) is 11.8 Å². The second-order valence-corrected chi connectivity index (χ2v) is 9.06. The smallest absolute Gasteiger partial charge is 0.236 e. The highest BCUT2D eigenvalue weighted by molar-refractivity contribution is 7.99. The number of fused-ring (bicyclic) bond motifs is 1. The molecule has 5 rings (SSSR count). The molecule has 8 nitrogen and oxygen atoms in total. The first-order valence-electron chi connectivity index (χ1n) is 10.3. The molecule has 5 aromatic rings. The summed E-state index contributed by atoms with van der Waals surface area (Å²) < 4.78 is 13.8. The van der Waals surface area contributed by atoms with Gasteiger partial charge in [0.25, 0.3) is 0 Å². The van der Waals surface area contributed by atoms with Gasteiger partial charge in [0.15, 0.2) is 10.3 Å². The van der Waals surface area contributed by atoms with Gasteiger partial charge in [-0.15, -0.1) is 10.2 Å². The van der Waals surface area contributed by atoms with Crippen molar-refractivity contribution in [2.24, 2.45) is 0 Å². The average Bonchev–Trinajstić information content (AvgIpc) is 3.49. The summed E-state index contributed by atoms with van der Waals surface area (Å²) in [5.74, 6) is 2.25. The number of amides is 1. The minimum atomic E-state index is -0.172. The first kappa shape index (κ1) is 21.9. The zero-order valence-corrected chi connectivity index (χ0v) is 19.7. The van der Waals surface area contributed by atoms with Gasteiger partial charge in [-0.3, -0.25) is 9.36 Å². The lowest BCUT2D eigenvalue weighted by molar-refractivity contribution is -0.113. The number of ether oxygens (including phenoxy) is 2. The summed E-state index contributed by atoms with van der Waals surface area (Å²) in [6, 6.07) is 22.8. The van der Waals surface area contributed by atoms with Crippen LogP contribution in [0.25, 0.3) is 15.9 Å². The van der Waals surface area contributed by atoms with E-state index >= 15 is 0 Å². The van der Waals surface area contributed by atoms with E-state index in [0.717, 1.165) is 27.4 Å². The van der Waals surface area contributed by atoms with Crippen LogP contribution in [0.4, 0.5) is 5.13 Å². The second-order valence-electron chi connectivity index (χ2n) is 7.08. The number of rotatable bonds is 8. The lowest BCUT2D eigenvalue weighted by atomic mass is 10.3. The van der Waals surface area contributed by atoms with Crippen LogP contribution >= 0.6 is 23.1 Å². The molecule has 0 radical (unpaired) electrons. The maximum atomic E-state index is 12.6. The molecule has 0 aliphatic carbocycles. The Bertz CT molecular complexity index is 1420. The Balaban J connectivity index is 1.22. The van der Waals surface area contributed by atoms with Gasteiger partial charge in [-0.1, -0.05) is 41.3 Å². The van der Waals surface area contributed by atoms with Crippen LogP contribution in [0, 0.1) is 0 Å². The molecule has 2 heterocycles. The number of benzene rings is 3. The highest BCUT2D eigenvalue weighted by atomic mass is 32.2. The summed E-state index contributed by atoms with van der Waals surface area (Å²) in [5.41, 5.74) is 1.68. The van der Waals surface area contributed by atoms with E-state index in [-0.39, 0.29) is 11.7 Å². The molecule has 0 fully saturated rings. The second kappa shape index (κ2) is 9.94. The molecule has 3 aromatic carbocycles. The van der Waals surface area contributed by atoms with E-state index in [0.29, 0.717) is 16.0 Å². The van der Waals surface area contributed by atoms with Gasteiger partial charge < -0.3 is 14.8 Å². The van der Waals surface area contributed by atoms with Crippen LogP contribution in [0.3, 0.4) is 0 Å². The fourth-order valence-electron chi connectivity index (χ4n) is 3.17. The highest BCUT2D eigenvalue weighted by Crippen LogP contribution is 2.31. The molecule has 0 aliphatic rings. The van der Waals surface area contributed by atoms with Crippen LogP contribution < -0.4 is 14.8 Å². The van der Waals surface area contributed by atoms with Crippen LogP contribution in [0.15, 0.2) is 84.3 Å². The molecular formula is C24H19N5O3S2. The number of hydrogen-bond acceptors (Lipinski definition) is 8. The maximum Gasteiger partial charge on any atom is 0.236 e. The molecule has 1 N–H and O–H groups in total. The summed E-state index contributed by atoms with van der Waals surface area (Å²) in [6.45, 7) is 0. The minimum absolute atomic E-state index is 0.172. The van der Waals surface area contributed by atoms with Gasteiger partial charge in [0.05, 0.1) is 23.1 Å². The first-order chi connectivity index (χ1) is 16.7. The Morgan fingerprint density at radius 2 is 1.82 bits per heavy atom. The fourth-order valence-corrected chi connectivity index (χ4v) is 4.81. The van der Waals surface area contributed by atoms with Crippen LogP contribution in [0.5, 0.6) is 17.2 Å². The zero-order chi connectivity index (χ0) is 23.3. The van der Waals surface area contributed by atoms with Crippen molar-refractivity contribution in [3.8, 4) is 22.9 Å². The van der Waals surface area contributed by atoms with Crippen molar-refractivity contribution in [2.45, 2.75) is 5.16 Å². The Labute approximate surface area is 203 Å². The van der Waals surface area contributed by atoms with E-state index in [1.54, 1.807) is 13.4 Å². The summed E-state index contributed by atoms with van der Waals surface area (Å²) in [4.78, 5) is 17.1. The van der Waals surface area contributed by atoms with Gasteiger partial charge in [-0.25, -0.2) is 4.98 Å². The SMILES string of the molecule is COc1ccc(-n2cnnc2SCC(=O)Nc2nc3ccc(Oc4ccccc4)cc3s2)cc1. The third-order valence-electron chi connectivity index (χ3n) is 4.78. The molecule has 0 bridgehead atoms. The Kier molecular flexibility index (Phi) is 6.41. The number of anilines is 1. The van der Waals surface area contributed by atoms with Gasteiger partial charge >= 0.3 is 0 Å². The van der Waals surface area contributed by atoms with Crippen LogP contribution in [-0.2, 0) is 4.79 Å². The number of aromatic nitrogens is 4. The summed E-state index contributed by atoms with van der Waals surface area (Å²) >= 11 is 2.70. The van der Waals surface area contributed by atoms with Gasteiger partial charge in [-0.2, -0.15) is 0 Å². The van der Waals surface area contributed by atoms with E-state index in [2.05, 4.69) is 20.5 Å². The van der Waals surface area contributed by atoms with Crippen LogP contribution in [0.1, 0.15) is 0 Å². The third-order valence-corrected chi connectivity index (χ3v) is 6.66. The van der Waals surface area contributed by atoms with Crippen molar-refractivity contribution in [2.75, 3.05) is 18.2 Å². The number of carbonyl (C=O) groups excluding carboxylic acids is 1. The number of para-hydroxylation sites is 1. The predicted molar refractivity (Wildman–Crippen MR) is 133 cm³/mol. The summed E-state index contributed by atoms with van der Waals surface area (Å²) in [6.07, 6.45) is 1.62. The molecule has 10 heteroatoms. The summed E-state index contributed by atoms with van der Waals surface area (Å²) in [5, 5.41) is 12.1. The Morgan fingerprint density at radius 1 is 1.03 bits per heavy atom. The molecule has 34 heavy (non-hydrogen) atoms. The first-order valence-corrected chi connectivity index (χ1v) is 12.1. The molecular weight excluding hydrogens is 470 g/mol. The normalized spacial score (nSPS) is 10.9. The summed E-state index contributed by atoms with van der Waals surface area (Å²) in [7, 11) is 1.62. The molecule has 0 spiro atoms. The highest BCUT2D eigenvalue weighted by Gasteiger charge is 2.13. The van der Waals surface area contributed by atoms with E-state index in [9.17, 15) is 4.79 Å². The quantitative estimate of drug-likeness (QED) is 0.292. The molecule has 0 saturated heterocycles. The van der Waals surface area contributed by atoms with Gasteiger partial charge in [0.2, 0.25) is 5.91 Å². The fraction of sp³-hybridized carbons (Fsp3) is 0.0833. The number of methoxy groups -OCH3 is 1. The molecule has 170 valence electrons. The topological polar surface area (TPSA) is 91.2 Å². The van der Waals surface area contributed by atoms with E-state index in [1.165, 1.54) is 23.1 Å². The lowest BCUT2D eigenvalue weighted by Crippen LogP contribution is -2.14. The average molecular weight is 490 g/mol. The number of carbonyl (C=O) groups is 1. The number of nitrogens with zero attached hydrogens (tertiary/aromatic N) is 4. The van der Waals surface area contributed by atoms with E-state index in [4.69, 9.17) is 9.47 Å². The number of thioether (sulfide) groups is 1. The Hall–Kier alpha value is -3.89. The Morgan fingerprint density at radius 3 is 2.62 bits per heavy atom. The van der Waals surface area contributed by atoms with E-state index < -0.39 is 0 Å². The van der Waals surface area contributed by atoms with E-state index in [1.807, 2.05) is 77.4 Å². The number of thiazole rings is 1. The molecule has 1 amide bonds. The van der Waals surface area contributed by atoms with Crippen molar-refractivity contribution >= 4 is 44.4 Å². The lowest BCUT2D eigenvalue weighted by Gasteiger charge is -2.07. The number of nitrogens with one attached hydrogen (secondary N) is 1. The largest absolute Gasteiger partial charge is 0.497 e. The molecule has 0 unspecified atom stereocenters. The minimum Gasteiger partial charge on any atom is -0.497 e. The van der Waals surface area contributed by atoms with Crippen molar-refractivity contribution in [1.29, 1.82) is 0 Å². The number of hydrogen-bond donors (Lipinski definition) is 1. The van der Waals surface area contributed by atoms with Crippen molar-refractivity contribution in [1.82, 2.24) is 19.7 Å². The molecule has 2 aromatic heterocycles. The van der Waals surface area contributed by atoms with Crippen molar-refractivity contribution in [3.05, 3.63) is 79.1 Å². The molecule has 0 aliphatic heterocycles. The van der Waals surface area contributed by atoms with Crippen LogP contribution in [-0.4, -0.2) is 38.5 Å². The third kappa shape index (κ3) is 5.03. The van der Waals surface area contributed by atoms with Gasteiger partial charge in [-0.05, 0) is 48.5 Å². The van der Waals surface area contributed by atoms with Crippen molar-refractivity contribution in [3.63, 3.8) is 0 Å². The monoisotopic (exact) mass is 489 g/mol. The van der Waals surface area contributed by atoms with Gasteiger partial charge in [0.1, 0.15) is 23.6 Å². The predicted octanol–water partition coefficient (Wildman–Crippen LogP) is 5.41. The maximum absolute atomic E-state index is 12.6. The van der Waals surface area contributed by atoms with Crippen molar-refractivity contribution < 1.29 is 14.3 Å². The zero-order valence-electron chi connectivity index (χ0n) is 18.0.